The Balaban J connectivity index is 2.25. The summed E-state index contributed by atoms with van der Waals surface area (Å²) in [7, 11) is 2.01. The molecule has 1 aromatic heterocycles. The normalized spacial score (nSPS) is 19.5. The molecule has 1 aliphatic heterocycles. The first-order chi connectivity index (χ1) is 8.78. The number of nitrogens with one attached hydrogen (secondary N) is 1. The fourth-order valence-electron chi connectivity index (χ4n) is 2.58. The zero-order chi connectivity index (χ0) is 13.0. The molecule has 100 valence electrons. The summed E-state index contributed by atoms with van der Waals surface area (Å²) in [5.74, 6) is 0.934. The van der Waals surface area contributed by atoms with E-state index in [1.807, 2.05) is 7.05 Å². The number of rotatable bonds is 5. The van der Waals surface area contributed by atoms with Gasteiger partial charge in [0.05, 0.1) is 0 Å². The minimum atomic E-state index is 0.548. The van der Waals surface area contributed by atoms with E-state index >= 15 is 0 Å². The highest BCUT2D eigenvalue weighted by atomic mass is 15.3. The van der Waals surface area contributed by atoms with Crippen LogP contribution >= 0.6 is 0 Å². The van der Waals surface area contributed by atoms with Crippen LogP contribution in [0.15, 0.2) is 6.07 Å². The molecule has 2 rings (SSSR count). The average molecular weight is 248 g/mol. The second kappa shape index (κ2) is 6.14. The molecule has 1 atom stereocenters. The van der Waals surface area contributed by atoms with E-state index in [2.05, 4.69) is 30.1 Å². The van der Waals surface area contributed by atoms with Gasteiger partial charge in [0, 0.05) is 30.5 Å². The lowest BCUT2D eigenvalue weighted by atomic mass is 10.2. The quantitative estimate of drug-likeness (QED) is 0.862. The predicted octanol–water partition coefficient (Wildman–Crippen LogP) is 1.79. The van der Waals surface area contributed by atoms with E-state index < -0.39 is 0 Å². The molecule has 0 amide bonds. The third-order valence-electron chi connectivity index (χ3n) is 3.62. The Labute approximate surface area is 110 Å². The lowest BCUT2D eigenvalue weighted by molar-refractivity contribution is 0.605. The molecule has 1 aliphatic rings. The molecule has 4 heteroatoms. The maximum absolute atomic E-state index is 4.70. The smallest absolute Gasteiger partial charge is 0.226 e. The van der Waals surface area contributed by atoms with E-state index in [1.165, 1.54) is 12.8 Å². The summed E-state index contributed by atoms with van der Waals surface area (Å²) < 4.78 is 0. The number of hydrogen-bond donors (Lipinski definition) is 1. The van der Waals surface area contributed by atoms with Crippen LogP contribution in [-0.4, -0.2) is 36.1 Å². The van der Waals surface area contributed by atoms with E-state index in [4.69, 9.17) is 9.97 Å². The summed E-state index contributed by atoms with van der Waals surface area (Å²) in [6.45, 7) is 6.41. The molecule has 4 nitrogen and oxygen atoms in total. The zero-order valence-corrected chi connectivity index (χ0v) is 11.7. The minimum Gasteiger partial charge on any atom is -0.337 e. The van der Waals surface area contributed by atoms with Gasteiger partial charge < -0.3 is 10.2 Å². The Morgan fingerprint density at radius 1 is 1.28 bits per heavy atom. The molecule has 1 N–H and O–H groups in total. The van der Waals surface area contributed by atoms with Crippen molar-refractivity contribution in [2.75, 3.05) is 25.0 Å². The molecule has 0 radical (unpaired) electrons. The van der Waals surface area contributed by atoms with Crippen LogP contribution < -0.4 is 10.2 Å². The molecular weight excluding hydrogens is 224 g/mol. The fourth-order valence-corrected chi connectivity index (χ4v) is 2.58. The van der Waals surface area contributed by atoms with Gasteiger partial charge in [0.25, 0.3) is 0 Å². The van der Waals surface area contributed by atoms with Crippen LogP contribution in [0.25, 0.3) is 0 Å². The summed E-state index contributed by atoms with van der Waals surface area (Å²) in [5.41, 5.74) is 2.32. The van der Waals surface area contributed by atoms with Crippen LogP contribution in [0.4, 0.5) is 5.95 Å². The lowest BCUT2D eigenvalue weighted by Crippen LogP contribution is -2.38. The molecule has 1 aromatic rings. The van der Waals surface area contributed by atoms with E-state index in [1.54, 1.807) is 0 Å². The lowest BCUT2D eigenvalue weighted by Gasteiger charge is -2.25. The topological polar surface area (TPSA) is 41.1 Å². The van der Waals surface area contributed by atoms with Crippen LogP contribution in [0, 0.1) is 0 Å². The maximum Gasteiger partial charge on any atom is 0.226 e. The minimum absolute atomic E-state index is 0.548. The Morgan fingerprint density at radius 2 is 1.94 bits per heavy atom. The van der Waals surface area contributed by atoms with Crippen LogP contribution in [0.3, 0.4) is 0 Å². The molecular formula is C14H24N4. The van der Waals surface area contributed by atoms with Crippen molar-refractivity contribution < 1.29 is 0 Å². The highest BCUT2D eigenvalue weighted by Gasteiger charge is 2.26. The van der Waals surface area contributed by atoms with E-state index in [-0.39, 0.29) is 0 Å². The second-order valence-corrected chi connectivity index (χ2v) is 4.90. The zero-order valence-electron chi connectivity index (χ0n) is 11.7. The van der Waals surface area contributed by atoms with Gasteiger partial charge in [-0.2, -0.15) is 0 Å². The molecule has 1 unspecified atom stereocenters. The summed E-state index contributed by atoms with van der Waals surface area (Å²) in [5, 5.41) is 3.27. The second-order valence-electron chi connectivity index (χ2n) is 4.90. The van der Waals surface area contributed by atoms with Gasteiger partial charge in [-0.1, -0.05) is 13.8 Å². The monoisotopic (exact) mass is 248 g/mol. The van der Waals surface area contributed by atoms with Crippen LogP contribution in [0.1, 0.15) is 38.1 Å². The van der Waals surface area contributed by atoms with Gasteiger partial charge >= 0.3 is 0 Å². The number of aromatic nitrogens is 2. The molecule has 1 fully saturated rings. The average Bonchev–Trinajstić information content (AvgIpc) is 2.87. The molecule has 2 heterocycles. The number of aryl methyl sites for hydroxylation is 2. The van der Waals surface area contributed by atoms with Gasteiger partial charge in [-0.3, -0.25) is 0 Å². The van der Waals surface area contributed by atoms with Crippen LogP contribution in [-0.2, 0) is 12.8 Å². The Bertz CT molecular complexity index is 369. The van der Waals surface area contributed by atoms with Crippen molar-refractivity contribution in [2.45, 2.75) is 45.6 Å². The summed E-state index contributed by atoms with van der Waals surface area (Å²) in [6.07, 6.45) is 4.44. The van der Waals surface area contributed by atoms with Crippen molar-refractivity contribution in [3.63, 3.8) is 0 Å². The van der Waals surface area contributed by atoms with Gasteiger partial charge in [0.15, 0.2) is 0 Å². The molecule has 1 saturated heterocycles. The first-order valence-corrected chi connectivity index (χ1v) is 7.06. The van der Waals surface area contributed by atoms with Gasteiger partial charge in [0.2, 0.25) is 5.95 Å². The van der Waals surface area contributed by atoms with Gasteiger partial charge in [0.1, 0.15) is 0 Å². The fraction of sp³-hybridized carbons (Fsp3) is 0.714. The van der Waals surface area contributed by atoms with E-state index in [9.17, 15) is 0 Å². The van der Waals surface area contributed by atoms with Crippen molar-refractivity contribution in [3.8, 4) is 0 Å². The van der Waals surface area contributed by atoms with Crippen molar-refractivity contribution in [2.24, 2.45) is 0 Å². The molecule has 0 aromatic carbocycles. The van der Waals surface area contributed by atoms with Crippen LogP contribution in [0.5, 0.6) is 0 Å². The molecule has 0 saturated carbocycles. The summed E-state index contributed by atoms with van der Waals surface area (Å²) >= 11 is 0. The number of likely N-dealkylation sites (N-methyl/N-ethyl adjacent to an activating group) is 1. The molecule has 0 bridgehead atoms. The third kappa shape index (κ3) is 2.80. The summed E-state index contributed by atoms with van der Waals surface area (Å²) in [6, 6.07) is 2.68. The number of anilines is 1. The van der Waals surface area contributed by atoms with Crippen LogP contribution in [0.2, 0.25) is 0 Å². The Hall–Kier alpha value is -1.16. The Morgan fingerprint density at radius 3 is 2.50 bits per heavy atom. The van der Waals surface area contributed by atoms with E-state index in [0.29, 0.717) is 6.04 Å². The largest absolute Gasteiger partial charge is 0.337 e. The van der Waals surface area contributed by atoms with E-state index in [0.717, 1.165) is 43.3 Å². The maximum atomic E-state index is 4.70. The van der Waals surface area contributed by atoms with Crippen molar-refractivity contribution in [3.05, 3.63) is 17.5 Å². The summed E-state index contributed by atoms with van der Waals surface area (Å²) in [4.78, 5) is 11.8. The molecule has 18 heavy (non-hydrogen) atoms. The molecule has 0 spiro atoms. The third-order valence-corrected chi connectivity index (χ3v) is 3.62. The first kappa shape index (κ1) is 13.3. The van der Waals surface area contributed by atoms with Gasteiger partial charge in [-0.15, -0.1) is 0 Å². The predicted molar refractivity (Wildman–Crippen MR) is 75.1 cm³/mol. The SMILES string of the molecule is CCc1cc(CC)nc(N2CCCC2CNC)n1. The van der Waals surface area contributed by atoms with Crippen molar-refractivity contribution in [1.29, 1.82) is 0 Å². The van der Waals surface area contributed by atoms with Gasteiger partial charge in [-0.05, 0) is 38.8 Å². The number of hydrogen-bond acceptors (Lipinski definition) is 4. The highest BCUT2D eigenvalue weighted by Crippen LogP contribution is 2.22. The number of nitrogens with zero attached hydrogens (tertiary/aromatic N) is 3. The van der Waals surface area contributed by atoms with Gasteiger partial charge in [-0.25, -0.2) is 9.97 Å². The first-order valence-electron chi connectivity index (χ1n) is 7.06. The standard InChI is InChI=1S/C14H24N4/c1-4-11-9-12(5-2)17-14(16-11)18-8-6-7-13(18)10-15-3/h9,13,15H,4-8,10H2,1-3H3. The van der Waals surface area contributed by atoms with Crippen molar-refractivity contribution in [1.82, 2.24) is 15.3 Å². The molecule has 0 aliphatic carbocycles. The van der Waals surface area contributed by atoms with Crippen molar-refractivity contribution >= 4 is 5.95 Å². The highest BCUT2D eigenvalue weighted by molar-refractivity contribution is 5.36. The Kier molecular flexibility index (Phi) is 4.53.